The highest BCUT2D eigenvalue weighted by atomic mass is 16.8. The summed E-state index contributed by atoms with van der Waals surface area (Å²) in [5, 5.41) is 0. The molecule has 0 saturated carbocycles. The summed E-state index contributed by atoms with van der Waals surface area (Å²) in [6, 6.07) is 27.6. The molecule has 2 atom stereocenters. The van der Waals surface area contributed by atoms with E-state index in [0.717, 1.165) is 22.3 Å². The minimum absolute atomic E-state index is 0.0783. The van der Waals surface area contributed by atoms with Gasteiger partial charge < -0.3 is 18.9 Å². The number of carbonyl (C=O) groups is 2. The zero-order valence-corrected chi connectivity index (χ0v) is 29.3. The van der Waals surface area contributed by atoms with Crippen molar-refractivity contribution in [2.45, 2.75) is 91.0 Å². The molecule has 0 aliphatic carbocycles. The Morgan fingerprint density at radius 2 is 0.980 bits per heavy atom. The van der Waals surface area contributed by atoms with Gasteiger partial charge in [0, 0.05) is 12.8 Å². The van der Waals surface area contributed by atoms with Crippen molar-refractivity contribution in [3.8, 4) is 11.5 Å². The molecule has 0 spiro atoms. The van der Waals surface area contributed by atoms with Crippen molar-refractivity contribution in [3.05, 3.63) is 129 Å². The average molecular weight is 663 g/mol. The zero-order valence-electron chi connectivity index (χ0n) is 29.3. The van der Waals surface area contributed by atoms with Gasteiger partial charge in [0.2, 0.25) is 12.6 Å². The van der Waals surface area contributed by atoms with Gasteiger partial charge in [0.1, 0.15) is 11.5 Å². The van der Waals surface area contributed by atoms with Crippen LogP contribution in [-0.2, 0) is 38.3 Å². The van der Waals surface area contributed by atoms with E-state index in [1.165, 1.54) is 0 Å². The largest absolute Gasteiger partial charge is 0.459 e. The van der Waals surface area contributed by atoms with E-state index in [1.54, 1.807) is 0 Å². The van der Waals surface area contributed by atoms with E-state index < -0.39 is 12.6 Å². The summed E-state index contributed by atoms with van der Waals surface area (Å²) in [6.07, 6.45) is -1.32. The lowest BCUT2D eigenvalue weighted by Gasteiger charge is -2.40. The molecule has 4 aromatic rings. The van der Waals surface area contributed by atoms with Gasteiger partial charge in [0.15, 0.2) is 11.6 Å². The third-order valence-electron chi connectivity index (χ3n) is 8.94. The number of ether oxygens (including phenoxy) is 5. The number of hydrogen-bond acceptors (Lipinski definition) is 7. The Hall–Kier alpha value is -4.30. The molecule has 2 heterocycles. The second-order valence-electron chi connectivity index (χ2n) is 14.8. The molecule has 0 aromatic heterocycles. The first-order valence-corrected chi connectivity index (χ1v) is 17.0. The Labute approximate surface area is 289 Å². The van der Waals surface area contributed by atoms with Crippen molar-refractivity contribution < 1.29 is 33.3 Å². The van der Waals surface area contributed by atoms with Crippen LogP contribution in [0.25, 0.3) is 0 Å². The van der Waals surface area contributed by atoms with Gasteiger partial charge >= 0.3 is 0 Å². The molecule has 256 valence electrons. The average Bonchev–Trinajstić information content (AvgIpc) is 3.08. The van der Waals surface area contributed by atoms with E-state index in [0.29, 0.717) is 47.0 Å². The standard InChI is InChI=1S/C42H46O7/c1-41(2,3)29-21-31(35(43)17-19-45-25-27-13-9-7-10-14-27)37-33(23-29)39-48-38-32(36(44)18-20-46-26-28-15-11-8-12-16-28)22-30(42(4,5)6)24-34(38)40(47-37)49-39/h7-16,21-24,39-40H,17-20,25-26H2,1-6H3. The quantitative estimate of drug-likeness (QED) is 0.110. The molecule has 6 rings (SSSR count). The van der Waals surface area contributed by atoms with E-state index in [1.807, 2.05) is 84.9 Å². The predicted octanol–water partition coefficient (Wildman–Crippen LogP) is 9.36. The molecule has 7 nitrogen and oxygen atoms in total. The second kappa shape index (κ2) is 14.3. The monoisotopic (exact) mass is 662 g/mol. The molecule has 49 heavy (non-hydrogen) atoms. The lowest BCUT2D eigenvalue weighted by atomic mass is 9.82. The van der Waals surface area contributed by atoms with Gasteiger partial charge in [-0.1, -0.05) is 102 Å². The fourth-order valence-corrected chi connectivity index (χ4v) is 5.98. The van der Waals surface area contributed by atoms with Gasteiger partial charge in [-0.15, -0.1) is 0 Å². The van der Waals surface area contributed by atoms with Crippen LogP contribution in [0, 0.1) is 0 Å². The maximum Gasteiger partial charge on any atom is 0.234 e. The molecule has 2 aliphatic rings. The third-order valence-corrected chi connectivity index (χ3v) is 8.94. The molecular formula is C42H46O7. The van der Waals surface area contributed by atoms with Crippen molar-refractivity contribution >= 4 is 11.6 Å². The fourth-order valence-electron chi connectivity index (χ4n) is 5.98. The summed E-state index contributed by atoms with van der Waals surface area (Å²) in [6.45, 7) is 14.0. The minimum Gasteiger partial charge on any atom is -0.459 e. The summed E-state index contributed by atoms with van der Waals surface area (Å²) >= 11 is 0. The molecule has 2 bridgehead atoms. The van der Waals surface area contributed by atoms with E-state index in [9.17, 15) is 9.59 Å². The molecular weight excluding hydrogens is 616 g/mol. The molecule has 0 radical (unpaired) electrons. The number of rotatable bonds is 12. The topological polar surface area (TPSA) is 80.3 Å². The molecule has 0 N–H and O–H groups in total. The van der Waals surface area contributed by atoms with E-state index in [-0.39, 0.29) is 48.5 Å². The Morgan fingerprint density at radius 3 is 1.35 bits per heavy atom. The van der Waals surface area contributed by atoms with Crippen LogP contribution >= 0.6 is 0 Å². The molecule has 2 aliphatic heterocycles. The Kier molecular flexibility index (Phi) is 10.1. The molecule has 4 aromatic carbocycles. The van der Waals surface area contributed by atoms with Crippen molar-refractivity contribution in [1.82, 2.24) is 0 Å². The van der Waals surface area contributed by atoms with Gasteiger partial charge in [-0.3, -0.25) is 14.3 Å². The fraction of sp³-hybridized carbons (Fsp3) is 0.381. The number of hydrogen-bond donors (Lipinski definition) is 0. The second-order valence-corrected chi connectivity index (χ2v) is 14.8. The van der Waals surface area contributed by atoms with Crippen molar-refractivity contribution in [3.63, 3.8) is 0 Å². The lowest BCUT2D eigenvalue weighted by Crippen LogP contribution is -2.33. The zero-order chi connectivity index (χ0) is 34.8. The highest BCUT2D eigenvalue weighted by Gasteiger charge is 2.42. The van der Waals surface area contributed by atoms with Gasteiger partial charge in [-0.25, -0.2) is 0 Å². The Balaban J connectivity index is 1.27. The van der Waals surface area contributed by atoms with Crippen LogP contribution in [0.4, 0.5) is 0 Å². The summed E-state index contributed by atoms with van der Waals surface area (Å²) in [7, 11) is 0. The van der Waals surface area contributed by atoms with Gasteiger partial charge in [-0.2, -0.15) is 0 Å². The normalized spacial score (nSPS) is 16.6. The Morgan fingerprint density at radius 1 is 0.592 bits per heavy atom. The van der Waals surface area contributed by atoms with Gasteiger partial charge in [0.25, 0.3) is 0 Å². The number of ketones is 2. The van der Waals surface area contributed by atoms with Crippen LogP contribution in [0.3, 0.4) is 0 Å². The van der Waals surface area contributed by atoms with Crippen LogP contribution in [0.15, 0.2) is 84.9 Å². The van der Waals surface area contributed by atoms with Crippen LogP contribution in [0.5, 0.6) is 11.5 Å². The SMILES string of the molecule is CC(C)(C)c1cc(C(=O)CCOCc2ccccc2)c2c(c1)C1Oc3c(C(=O)CCOCc4ccccc4)cc(C(C)(C)C)cc3C(O2)O1. The van der Waals surface area contributed by atoms with E-state index in [4.69, 9.17) is 23.7 Å². The minimum atomic E-state index is -0.856. The van der Waals surface area contributed by atoms with Gasteiger partial charge in [0.05, 0.1) is 48.7 Å². The molecule has 2 unspecified atom stereocenters. The molecule has 0 fully saturated rings. The van der Waals surface area contributed by atoms with Crippen molar-refractivity contribution in [1.29, 1.82) is 0 Å². The van der Waals surface area contributed by atoms with Crippen LogP contribution < -0.4 is 9.47 Å². The smallest absolute Gasteiger partial charge is 0.234 e. The number of fused-ring (bicyclic) bond motifs is 6. The van der Waals surface area contributed by atoms with Crippen molar-refractivity contribution in [2.24, 2.45) is 0 Å². The number of benzene rings is 4. The van der Waals surface area contributed by atoms with Crippen LogP contribution in [-0.4, -0.2) is 24.8 Å². The summed E-state index contributed by atoms with van der Waals surface area (Å²) in [4.78, 5) is 27.6. The van der Waals surface area contributed by atoms with Crippen molar-refractivity contribution in [2.75, 3.05) is 13.2 Å². The van der Waals surface area contributed by atoms with E-state index in [2.05, 4.69) is 41.5 Å². The van der Waals surface area contributed by atoms with Crippen LogP contribution in [0.2, 0.25) is 0 Å². The third kappa shape index (κ3) is 7.96. The first-order valence-electron chi connectivity index (χ1n) is 17.0. The maximum atomic E-state index is 13.8. The summed E-state index contributed by atoms with van der Waals surface area (Å²) in [5.41, 5.74) is 5.71. The highest BCUT2D eigenvalue weighted by Crippen LogP contribution is 2.52. The number of carbonyl (C=O) groups excluding carboxylic acids is 2. The van der Waals surface area contributed by atoms with Crippen LogP contribution in [0.1, 0.15) is 121 Å². The van der Waals surface area contributed by atoms with Gasteiger partial charge in [-0.05, 0) is 57.3 Å². The summed E-state index contributed by atoms with van der Waals surface area (Å²) in [5.74, 6) is 0.753. The van der Waals surface area contributed by atoms with E-state index >= 15 is 0 Å². The molecule has 0 amide bonds. The maximum absolute atomic E-state index is 13.8. The lowest BCUT2D eigenvalue weighted by molar-refractivity contribution is -0.227. The molecule has 7 heteroatoms. The highest BCUT2D eigenvalue weighted by molar-refractivity contribution is 6.00. The summed E-state index contributed by atoms with van der Waals surface area (Å²) < 4.78 is 31.2. The Bertz CT molecular complexity index is 1670. The first-order chi connectivity index (χ1) is 23.4. The predicted molar refractivity (Wildman–Crippen MR) is 188 cm³/mol. The molecule has 0 saturated heterocycles. The number of Topliss-reactive ketones (excluding diaryl/α,β-unsaturated/α-hetero) is 2. The first kappa shape index (κ1) is 34.6.